The van der Waals surface area contributed by atoms with Gasteiger partial charge in [-0.15, -0.1) is 22.7 Å². The number of nitrogens with zero attached hydrogens (tertiary/aromatic N) is 1. The monoisotopic (exact) mass is 699 g/mol. The molecule has 0 fully saturated rings. The minimum absolute atomic E-state index is 0.0841. The van der Waals surface area contributed by atoms with Crippen molar-refractivity contribution in [3.8, 4) is 22.3 Å². The first-order chi connectivity index (χ1) is 25.5. The van der Waals surface area contributed by atoms with E-state index in [0.717, 1.165) is 11.4 Å². The van der Waals surface area contributed by atoms with Crippen LogP contribution >= 0.6 is 22.7 Å². The standard InChI is InChI=1S/C49H33NS2/c1-49(2)42-15-6-3-11-36(42)37-26-23-33(28-43(37)49)50(34-24-27-40-38-12-4-7-16-44(38)51-46(40)29-34)32-21-18-30(19-22-32)35-14-9-10-31-20-25-41-39-13-5-8-17-45(39)52-48(41)47(31)35/h3-29H,1-2H3. The molecular formula is C49H33NS2. The first-order valence-electron chi connectivity index (χ1n) is 17.9. The van der Waals surface area contributed by atoms with Crippen molar-refractivity contribution in [3.63, 3.8) is 0 Å². The van der Waals surface area contributed by atoms with Crippen molar-refractivity contribution in [2.24, 2.45) is 0 Å². The van der Waals surface area contributed by atoms with Gasteiger partial charge in [-0.25, -0.2) is 0 Å². The van der Waals surface area contributed by atoms with Crippen LogP contribution in [0.25, 0.3) is 73.4 Å². The Morgan fingerprint density at radius 1 is 0.423 bits per heavy atom. The number of benzene rings is 8. The molecule has 0 bridgehead atoms. The molecule has 1 aliphatic rings. The Hall–Kier alpha value is -5.74. The lowest BCUT2D eigenvalue weighted by atomic mass is 9.82. The molecule has 0 N–H and O–H groups in total. The van der Waals surface area contributed by atoms with Gasteiger partial charge in [0.05, 0.1) is 0 Å². The summed E-state index contributed by atoms with van der Waals surface area (Å²) in [6.45, 7) is 4.73. The van der Waals surface area contributed by atoms with Gasteiger partial charge in [-0.2, -0.15) is 0 Å². The van der Waals surface area contributed by atoms with Gasteiger partial charge in [0, 0.05) is 68.2 Å². The third kappa shape index (κ3) is 4.33. The van der Waals surface area contributed by atoms with Gasteiger partial charge in [-0.3, -0.25) is 0 Å². The zero-order chi connectivity index (χ0) is 34.6. The Labute approximate surface area is 310 Å². The van der Waals surface area contributed by atoms with E-state index in [4.69, 9.17) is 0 Å². The molecule has 0 saturated heterocycles. The van der Waals surface area contributed by atoms with Crippen LogP contribution in [0.5, 0.6) is 0 Å². The second kappa shape index (κ2) is 11.1. The summed E-state index contributed by atoms with van der Waals surface area (Å²) in [6.07, 6.45) is 0. The molecule has 1 aliphatic carbocycles. The summed E-state index contributed by atoms with van der Waals surface area (Å²) in [6, 6.07) is 61.0. The molecule has 246 valence electrons. The fourth-order valence-electron chi connectivity index (χ4n) is 8.72. The quantitative estimate of drug-likeness (QED) is 0.177. The number of anilines is 3. The lowest BCUT2D eigenvalue weighted by Crippen LogP contribution is -2.16. The highest BCUT2D eigenvalue weighted by Gasteiger charge is 2.35. The Morgan fingerprint density at radius 3 is 1.88 bits per heavy atom. The molecule has 0 radical (unpaired) electrons. The molecule has 8 aromatic carbocycles. The maximum absolute atomic E-state index is 2.44. The Kier molecular flexibility index (Phi) is 6.41. The van der Waals surface area contributed by atoms with Gasteiger partial charge in [-0.05, 0) is 87.3 Å². The molecule has 0 unspecified atom stereocenters. The highest BCUT2D eigenvalue weighted by molar-refractivity contribution is 7.27. The van der Waals surface area contributed by atoms with Crippen molar-refractivity contribution in [2.75, 3.05) is 4.90 Å². The normalized spacial score (nSPS) is 13.3. The summed E-state index contributed by atoms with van der Waals surface area (Å²) in [7, 11) is 0. The molecule has 10 aromatic rings. The van der Waals surface area contributed by atoms with Gasteiger partial charge in [-0.1, -0.05) is 129 Å². The predicted molar refractivity (Wildman–Crippen MR) is 227 cm³/mol. The summed E-state index contributed by atoms with van der Waals surface area (Å²) in [4.78, 5) is 2.44. The first-order valence-corrected chi connectivity index (χ1v) is 19.6. The fraction of sp³-hybridized carbons (Fsp3) is 0.0612. The zero-order valence-electron chi connectivity index (χ0n) is 28.9. The minimum atomic E-state index is -0.0841. The lowest BCUT2D eigenvalue weighted by Gasteiger charge is -2.28. The molecule has 0 spiro atoms. The van der Waals surface area contributed by atoms with E-state index < -0.39 is 0 Å². The van der Waals surface area contributed by atoms with Crippen LogP contribution in [-0.4, -0.2) is 0 Å². The maximum atomic E-state index is 2.44. The Bertz CT molecular complexity index is 3050. The summed E-state index contributed by atoms with van der Waals surface area (Å²) in [5.74, 6) is 0. The number of thiophene rings is 2. The summed E-state index contributed by atoms with van der Waals surface area (Å²) in [5, 5.41) is 7.92. The fourth-order valence-corrected chi connectivity index (χ4v) is 11.1. The van der Waals surface area contributed by atoms with Gasteiger partial charge in [0.25, 0.3) is 0 Å². The highest BCUT2D eigenvalue weighted by Crippen LogP contribution is 2.51. The maximum Gasteiger partial charge on any atom is 0.0476 e. The van der Waals surface area contributed by atoms with Gasteiger partial charge in [0.15, 0.2) is 0 Å². The Morgan fingerprint density at radius 2 is 1.04 bits per heavy atom. The Balaban J connectivity index is 1.08. The van der Waals surface area contributed by atoms with Crippen LogP contribution in [0.4, 0.5) is 17.1 Å². The highest BCUT2D eigenvalue weighted by atomic mass is 32.1. The van der Waals surface area contributed by atoms with E-state index in [1.807, 2.05) is 22.7 Å². The van der Waals surface area contributed by atoms with Crippen molar-refractivity contribution in [1.82, 2.24) is 0 Å². The molecule has 1 nitrogen and oxygen atoms in total. The zero-order valence-corrected chi connectivity index (χ0v) is 30.5. The third-order valence-electron chi connectivity index (χ3n) is 11.3. The van der Waals surface area contributed by atoms with E-state index in [2.05, 4.69) is 183 Å². The molecule has 3 heteroatoms. The molecule has 2 aromatic heterocycles. The van der Waals surface area contributed by atoms with Crippen molar-refractivity contribution >= 4 is 90.9 Å². The molecule has 2 heterocycles. The molecule has 52 heavy (non-hydrogen) atoms. The van der Waals surface area contributed by atoms with Crippen molar-refractivity contribution < 1.29 is 0 Å². The van der Waals surface area contributed by atoms with Crippen LogP contribution in [0.15, 0.2) is 164 Å². The van der Waals surface area contributed by atoms with E-state index in [0.29, 0.717) is 0 Å². The molecule has 0 amide bonds. The van der Waals surface area contributed by atoms with Crippen LogP contribution in [-0.2, 0) is 5.41 Å². The lowest BCUT2D eigenvalue weighted by molar-refractivity contribution is 0.660. The van der Waals surface area contributed by atoms with Crippen LogP contribution in [0, 0.1) is 0 Å². The molecule has 11 rings (SSSR count). The minimum Gasteiger partial charge on any atom is -0.310 e. The average Bonchev–Trinajstić information content (AvgIpc) is 3.83. The molecule has 0 saturated carbocycles. The van der Waals surface area contributed by atoms with E-state index >= 15 is 0 Å². The summed E-state index contributed by atoms with van der Waals surface area (Å²) < 4.78 is 5.32. The largest absolute Gasteiger partial charge is 0.310 e. The second-order valence-electron chi connectivity index (χ2n) is 14.5. The second-order valence-corrected chi connectivity index (χ2v) is 16.6. The number of hydrogen-bond donors (Lipinski definition) is 0. The summed E-state index contributed by atoms with van der Waals surface area (Å²) >= 11 is 3.77. The topological polar surface area (TPSA) is 3.24 Å². The predicted octanol–water partition coefficient (Wildman–Crippen LogP) is 15.0. The van der Waals surface area contributed by atoms with Crippen molar-refractivity contribution in [3.05, 3.63) is 175 Å². The van der Waals surface area contributed by atoms with Gasteiger partial charge in [0.1, 0.15) is 0 Å². The van der Waals surface area contributed by atoms with E-state index in [1.165, 1.54) is 90.2 Å². The molecule has 0 aliphatic heterocycles. The van der Waals surface area contributed by atoms with Gasteiger partial charge in [0.2, 0.25) is 0 Å². The van der Waals surface area contributed by atoms with Crippen LogP contribution in [0.1, 0.15) is 25.0 Å². The third-order valence-corrected chi connectivity index (χ3v) is 13.6. The average molecular weight is 700 g/mol. The van der Waals surface area contributed by atoms with Crippen LogP contribution < -0.4 is 4.90 Å². The first kappa shape index (κ1) is 29.9. The molecule has 0 atom stereocenters. The van der Waals surface area contributed by atoms with Crippen molar-refractivity contribution in [2.45, 2.75) is 19.3 Å². The van der Waals surface area contributed by atoms with Gasteiger partial charge >= 0.3 is 0 Å². The van der Waals surface area contributed by atoms with E-state index in [1.54, 1.807) is 0 Å². The number of rotatable bonds is 4. The number of fused-ring (bicyclic) bond motifs is 11. The van der Waals surface area contributed by atoms with Crippen LogP contribution in [0.3, 0.4) is 0 Å². The molecular weight excluding hydrogens is 667 g/mol. The van der Waals surface area contributed by atoms with E-state index in [-0.39, 0.29) is 5.41 Å². The SMILES string of the molecule is CC1(C)c2ccccc2-c2ccc(N(c3ccc(-c4cccc5ccc6c7ccccc7sc6c45)cc3)c3ccc4c(c3)sc3ccccc34)cc21. The van der Waals surface area contributed by atoms with Crippen LogP contribution in [0.2, 0.25) is 0 Å². The van der Waals surface area contributed by atoms with Crippen molar-refractivity contribution in [1.29, 1.82) is 0 Å². The number of hydrogen-bond acceptors (Lipinski definition) is 3. The van der Waals surface area contributed by atoms with Gasteiger partial charge < -0.3 is 4.90 Å². The van der Waals surface area contributed by atoms with E-state index in [9.17, 15) is 0 Å². The smallest absolute Gasteiger partial charge is 0.0476 e. The summed E-state index contributed by atoms with van der Waals surface area (Å²) in [5.41, 5.74) is 11.3.